The van der Waals surface area contributed by atoms with Crippen LogP contribution in [-0.4, -0.2) is 19.9 Å². The van der Waals surface area contributed by atoms with E-state index < -0.39 is 0 Å². The monoisotopic (exact) mass is 674 g/mol. The van der Waals surface area contributed by atoms with E-state index >= 15 is 0 Å². The van der Waals surface area contributed by atoms with Crippen LogP contribution >= 0.6 is 23.5 Å². The number of rotatable bonds is 4. The Labute approximate surface area is 297 Å². The fourth-order valence-electron chi connectivity index (χ4n) is 7.11. The topological polar surface area (TPSA) is 51.6 Å². The van der Waals surface area contributed by atoms with Crippen LogP contribution in [0.2, 0.25) is 0 Å². The molecule has 10 rings (SSSR count). The SMILES string of the molecule is c1ccc2nc3c(nc2c1)Sc1cc(-c2ccc(-c4ccncc4)c4ccccc24)c(-c2ccc(-c4ccncc4)c4ccccc24)cc1S3. The van der Waals surface area contributed by atoms with Gasteiger partial charge in [0.25, 0.3) is 0 Å². The van der Waals surface area contributed by atoms with Crippen LogP contribution in [0.3, 0.4) is 0 Å². The minimum absolute atomic E-state index is 0.915. The first kappa shape index (κ1) is 29.1. The van der Waals surface area contributed by atoms with Crippen molar-refractivity contribution < 1.29 is 0 Å². The van der Waals surface area contributed by atoms with Gasteiger partial charge in [0.15, 0.2) is 0 Å². The van der Waals surface area contributed by atoms with Crippen molar-refractivity contribution >= 4 is 56.1 Å². The fourth-order valence-corrected chi connectivity index (χ4v) is 9.25. The fraction of sp³-hybridized carbons (Fsp3) is 0. The van der Waals surface area contributed by atoms with Crippen LogP contribution in [0.4, 0.5) is 0 Å². The van der Waals surface area contributed by atoms with E-state index in [0.717, 1.165) is 32.2 Å². The number of hydrogen-bond donors (Lipinski definition) is 0. The van der Waals surface area contributed by atoms with Crippen LogP contribution in [0, 0.1) is 0 Å². The Morgan fingerprint density at radius 1 is 0.340 bits per heavy atom. The van der Waals surface area contributed by atoms with Crippen molar-refractivity contribution in [1.29, 1.82) is 0 Å². The largest absolute Gasteiger partial charge is 0.265 e. The molecule has 0 fully saturated rings. The highest BCUT2D eigenvalue weighted by atomic mass is 32.2. The van der Waals surface area contributed by atoms with E-state index in [-0.39, 0.29) is 0 Å². The first-order chi connectivity index (χ1) is 24.8. The molecule has 234 valence electrons. The molecule has 50 heavy (non-hydrogen) atoms. The molecule has 0 saturated heterocycles. The van der Waals surface area contributed by atoms with Gasteiger partial charge in [-0.25, -0.2) is 9.97 Å². The first-order valence-electron chi connectivity index (χ1n) is 16.4. The van der Waals surface area contributed by atoms with Gasteiger partial charge in [0, 0.05) is 34.6 Å². The first-order valence-corrected chi connectivity index (χ1v) is 18.1. The summed E-state index contributed by atoms with van der Waals surface area (Å²) in [7, 11) is 0. The van der Waals surface area contributed by atoms with Crippen LogP contribution in [0.25, 0.3) is 77.1 Å². The molecule has 4 heterocycles. The normalized spacial score (nSPS) is 12.2. The Morgan fingerprint density at radius 2 is 0.700 bits per heavy atom. The van der Waals surface area contributed by atoms with Crippen molar-refractivity contribution in [2.24, 2.45) is 0 Å². The summed E-state index contributed by atoms with van der Waals surface area (Å²) in [5.41, 5.74) is 11.3. The summed E-state index contributed by atoms with van der Waals surface area (Å²) in [6, 6.07) is 47.8. The maximum Gasteiger partial charge on any atom is 0.134 e. The van der Waals surface area contributed by atoms with E-state index in [9.17, 15) is 0 Å². The minimum Gasteiger partial charge on any atom is -0.265 e. The molecule has 0 amide bonds. The smallest absolute Gasteiger partial charge is 0.134 e. The average Bonchev–Trinajstić information content (AvgIpc) is 3.18. The molecule has 9 aromatic rings. The number of fused-ring (bicyclic) bond motifs is 5. The van der Waals surface area contributed by atoms with E-state index in [1.54, 1.807) is 23.5 Å². The van der Waals surface area contributed by atoms with Crippen LogP contribution in [-0.2, 0) is 0 Å². The maximum atomic E-state index is 5.04. The zero-order chi connectivity index (χ0) is 33.0. The molecule has 0 unspecified atom stereocenters. The molecular weight excluding hydrogens is 649 g/mol. The summed E-state index contributed by atoms with van der Waals surface area (Å²) in [5.74, 6) is 0. The molecular formula is C44H26N4S2. The predicted octanol–water partition coefficient (Wildman–Crippen LogP) is 12.0. The molecule has 0 aliphatic carbocycles. The number of pyridine rings is 2. The number of para-hydroxylation sites is 2. The highest BCUT2D eigenvalue weighted by Gasteiger charge is 2.25. The number of nitrogens with zero attached hydrogens (tertiary/aromatic N) is 4. The Bertz CT molecular complexity index is 2580. The van der Waals surface area contributed by atoms with Gasteiger partial charge < -0.3 is 0 Å². The van der Waals surface area contributed by atoms with Gasteiger partial charge >= 0.3 is 0 Å². The molecule has 6 heteroatoms. The lowest BCUT2D eigenvalue weighted by atomic mass is 9.86. The molecule has 0 spiro atoms. The Hall–Kier alpha value is -5.82. The summed E-state index contributed by atoms with van der Waals surface area (Å²) >= 11 is 3.42. The second-order valence-corrected chi connectivity index (χ2v) is 14.3. The molecule has 4 nitrogen and oxygen atoms in total. The van der Waals surface area contributed by atoms with Crippen molar-refractivity contribution in [3.8, 4) is 44.5 Å². The van der Waals surface area contributed by atoms with E-state index in [1.807, 2.05) is 49.1 Å². The third-order valence-corrected chi connectivity index (χ3v) is 11.7. The van der Waals surface area contributed by atoms with Crippen molar-refractivity contribution in [3.05, 3.63) is 158 Å². The molecule has 0 radical (unpaired) electrons. The Kier molecular flexibility index (Phi) is 6.96. The predicted molar refractivity (Wildman–Crippen MR) is 207 cm³/mol. The van der Waals surface area contributed by atoms with Crippen LogP contribution < -0.4 is 0 Å². The summed E-state index contributed by atoms with van der Waals surface area (Å²) in [4.78, 5) is 21.0. The lowest BCUT2D eigenvalue weighted by Crippen LogP contribution is -1.99. The molecule has 0 saturated carbocycles. The molecule has 0 atom stereocenters. The summed E-state index contributed by atoms with van der Waals surface area (Å²) < 4.78 is 0. The third-order valence-electron chi connectivity index (χ3n) is 9.42. The second-order valence-electron chi connectivity index (χ2n) is 12.3. The zero-order valence-electron chi connectivity index (χ0n) is 26.6. The highest BCUT2D eigenvalue weighted by molar-refractivity contribution is 8.05. The standard InChI is InChI=1S/C44H26N4S2/c1-3-9-33-31(7-1)29(27-17-21-45-22-18-27)13-15-35(33)37-25-41-42(50-44-43(49-41)47-39-11-5-6-12-40(39)48-44)26-38(37)36-16-14-30(28-19-23-46-24-20-28)32-8-2-4-10-34(32)36/h1-26H. The highest BCUT2D eigenvalue weighted by Crippen LogP contribution is 2.52. The van der Waals surface area contributed by atoms with Crippen molar-refractivity contribution in [2.45, 2.75) is 19.8 Å². The van der Waals surface area contributed by atoms with Gasteiger partial charge in [-0.3, -0.25) is 9.97 Å². The summed E-state index contributed by atoms with van der Waals surface area (Å²) in [6.07, 6.45) is 7.44. The number of aromatic nitrogens is 4. The Balaban J connectivity index is 1.23. The van der Waals surface area contributed by atoms with Crippen LogP contribution in [0.5, 0.6) is 0 Å². The summed E-state index contributed by atoms with van der Waals surface area (Å²) in [6.45, 7) is 0. The van der Waals surface area contributed by atoms with E-state index in [2.05, 4.69) is 119 Å². The van der Waals surface area contributed by atoms with Crippen LogP contribution in [0.15, 0.2) is 178 Å². The average molecular weight is 675 g/mol. The quantitative estimate of drug-likeness (QED) is 0.185. The van der Waals surface area contributed by atoms with E-state index in [1.165, 1.54) is 64.7 Å². The second kappa shape index (κ2) is 11.9. The molecule has 0 bridgehead atoms. The molecule has 6 aromatic carbocycles. The zero-order valence-corrected chi connectivity index (χ0v) is 28.2. The van der Waals surface area contributed by atoms with Gasteiger partial charge in [-0.15, -0.1) is 0 Å². The number of benzene rings is 6. The van der Waals surface area contributed by atoms with Gasteiger partial charge in [0.05, 0.1) is 11.0 Å². The van der Waals surface area contributed by atoms with Gasteiger partial charge in [0.2, 0.25) is 0 Å². The third kappa shape index (κ3) is 4.87. The minimum atomic E-state index is 0.915. The van der Waals surface area contributed by atoms with Gasteiger partial charge in [-0.2, -0.15) is 0 Å². The molecule has 1 aliphatic heterocycles. The van der Waals surface area contributed by atoms with Crippen molar-refractivity contribution in [3.63, 3.8) is 0 Å². The summed E-state index contributed by atoms with van der Waals surface area (Å²) in [5, 5.41) is 6.74. The van der Waals surface area contributed by atoms with Crippen molar-refractivity contribution in [1.82, 2.24) is 19.9 Å². The molecule has 3 aromatic heterocycles. The van der Waals surface area contributed by atoms with Crippen LogP contribution in [0.1, 0.15) is 0 Å². The lowest BCUT2D eigenvalue weighted by Gasteiger charge is -2.23. The van der Waals surface area contributed by atoms with E-state index in [0.29, 0.717) is 0 Å². The Morgan fingerprint density at radius 3 is 1.12 bits per heavy atom. The van der Waals surface area contributed by atoms with E-state index in [4.69, 9.17) is 9.97 Å². The molecule has 1 aliphatic rings. The van der Waals surface area contributed by atoms with Gasteiger partial charge in [0.1, 0.15) is 10.1 Å². The van der Waals surface area contributed by atoms with Gasteiger partial charge in [-0.05, 0) is 115 Å². The van der Waals surface area contributed by atoms with Gasteiger partial charge in [-0.1, -0.05) is 108 Å². The maximum absolute atomic E-state index is 5.04. The molecule has 0 N–H and O–H groups in total. The number of hydrogen-bond acceptors (Lipinski definition) is 6. The van der Waals surface area contributed by atoms with Crippen molar-refractivity contribution in [2.75, 3.05) is 0 Å². The lowest BCUT2D eigenvalue weighted by molar-refractivity contribution is 0.953.